The van der Waals surface area contributed by atoms with Crippen molar-refractivity contribution in [3.05, 3.63) is 11.7 Å². The molecule has 0 saturated carbocycles. The Morgan fingerprint density at radius 2 is 2.16 bits per heavy atom. The molecule has 0 atom stereocenters. The summed E-state index contributed by atoms with van der Waals surface area (Å²) in [5.41, 5.74) is 0. The molecule has 2 rings (SSSR count). The van der Waals surface area contributed by atoms with Crippen LogP contribution in [0.1, 0.15) is 42.2 Å². The summed E-state index contributed by atoms with van der Waals surface area (Å²) in [6, 6.07) is 0. The second kappa shape index (κ2) is 5.68. The molecule has 8 nitrogen and oxygen atoms in total. The summed E-state index contributed by atoms with van der Waals surface area (Å²) in [6.45, 7) is 2.80. The van der Waals surface area contributed by atoms with E-state index < -0.39 is 12.1 Å². The fourth-order valence-electron chi connectivity index (χ4n) is 2.00. The van der Waals surface area contributed by atoms with E-state index in [1.54, 1.807) is 6.92 Å². The monoisotopic (exact) mass is 269 g/mol. The van der Waals surface area contributed by atoms with Crippen LogP contribution in [0.15, 0.2) is 4.52 Å². The Morgan fingerprint density at radius 3 is 2.74 bits per heavy atom. The van der Waals surface area contributed by atoms with Crippen LogP contribution in [-0.4, -0.2) is 51.9 Å². The molecule has 8 heteroatoms. The lowest BCUT2D eigenvalue weighted by atomic mass is 9.97. The maximum atomic E-state index is 11.4. The smallest absolute Gasteiger partial charge is 0.407 e. The van der Waals surface area contributed by atoms with E-state index in [2.05, 4.69) is 10.1 Å². The fourth-order valence-corrected chi connectivity index (χ4v) is 2.00. The van der Waals surface area contributed by atoms with Gasteiger partial charge in [0.25, 0.3) is 5.82 Å². The molecule has 1 fully saturated rings. The molecule has 0 bridgehead atoms. The van der Waals surface area contributed by atoms with Crippen molar-refractivity contribution < 1.29 is 24.0 Å². The number of hydrogen-bond acceptors (Lipinski definition) is 6. The molecular weight excluding hydrogens is 254 g/mol. The van der Waals surface area contributed by atoms with Crippen molar-refractivity contribution in [3.8, 4) is 0 Å². The average Bonchev–Trinajstić information content (AvgIpc) is 2.89. The Kier molecular flexibility index (Phi) is 3.98. The van der Waals surface area contributed by atoms with E-state index >= 15 is 0 Å². The van der Waals surface area contributed by atoms with Gasteiger partial charge in [-0.1, -0.05) is 0 Å². The highest BCUT2D eigenvalue weighted by atomic mass is 16.5. The lowest BCUT2D eigenvalue weighted by molar-refractivity contribution is 0.0508. The summed E-state index contributed by atoms with van der Waals surface area (Å²) in [4.78, 5) is 27.5. The van der Waals surface area contributed by atoms with Crippen LogP contribution in [0.25, 0.3) is 0 Å². The predicted octanol–water partition coefficient (Wildman–Crippen LogP) is 1.10. The van der Waals surface area contributed by atoms with Crippen LogP contribution in [0.3, 0.4) is 0 Å². The molecule has 0 unspecified atom stereocenters. The minimum Gasteiger partial charge on any atom is -0.465 e. The normalized spacial score (nSPS) is 16.4. The number of carbonyl (C=O) groups excluding carboxylic acids is 1. The summed E-state index contributed by atoms with van der Waals surface area (Å²) in [7, 11) is 0. The Bertz CT molecular complexity index is 465. The van der Waals surface area contributed by atoms with Crippen LogP contribution in [0.5, 0.6) is 0 Å². The fraction of sp³-hybridized carbons (Fsp3) is 0.636. The summed E-state index contributed by atoms with van der Waals surface area (Å²) < 4.78 is 9.81. The topological polar surface area (TPSA) is 106 Å². The molecular formula is C11H15N3O5. The highest BCUT2D eigenvalue weighted by Gasteiger charge is 2.28. The van der Waals surface area contributed by atoms with Crippen LogP contribution in [-0.2, 0) is 4.74 Å². The average molecular weight is 269 g/mol. The molecule has 1 amide bonds. The molecule has 19 heavy (non-hydrogen) atoms. The SMILES string of the molecule is CCOC(=O)c1noc(C2CCN(C(=O)O)CC2)n1. The molecule has 1 aromatic heterocycles. The van der Waals surface area contributed by atoms with E-state index in [4.69, 9.17) is 14.4 Å². The maximum Gasteiger partial charge on any atom is 0.407 e. The molecule has 1 saturated heterocycles. The largest absolute Gasteiger partial charge is 0.465 e. The summed E-state index contributed by atoms with van der Waals surface area (Å²) >= 11 is 0. The van der Waals surface area contributed by atoms with Gasteiger partial charge in [0.2, 0.25) is 5.89 Å². The third-order valence-electron chi connectivity index (χ3n) is 3.01. The van der Waals surface area contributed by atoms with Crippen molar-refractivity contribution in [1.29, 1.82) is 0 Å². The standard InChI is InChI=1S/C11H15N3O5/c1-2-18-10(15)8-12-9(19-13-8)7-3-5-14(6-4-7)11(16)17/h7H,2-6H2,1H3,(H,16,17). The lowest BCUT2D eigenvalue weighted by Gasteiger charge is -2.27. The van der Waals surface area contributed by atoms with Gasteiger partial charge in [-0.15, -0.1) is 0 Å². The number of nitrogens with zero attached hydrogens (tertiary/aromatic N) is 3. The number of carbonyl (C=O) groups is 2. The first-order valence-electron chi connectivity index (χ1n) is 6.10. The molecule has 0 spiro atoms. The predicted molar refractivity (Wildman–Crippen MR) is 61.8 cm³/mol. The van der Waals surface area contributed by atoms with Gasteiger partial charge in [0, 0.05) is 19.0 Å². The molecule has 1 aliphatic rings. The second-order valence-corrected chi connectivity index (χ2v) is 4.22. The molecule has 2 heterocycles. The zero-order chi connectivity index (χ0) is 13.8. The minimum absolute atomic E-state index is 0.00808. The van der Waals surface area contributed by atoms with Gasteiger partial charge in [0.1, 0.15) is 0 Å². The van der Waals surface area contributed by atoms with Gasteiger partial charge in [-0.25, -0.2) is 9.59 Å². The number of aromatic nitrogens is 2. The quantitative estimate of drug-likeness (QED) is 0.819. The Morgan fingerprint density at radius 1 is 1.47 bits per heavy atom. The van der Waals surface area contributed by atoms with Crippen LogP contribution in [0.2, 0.25) is 0 Å². The van der Waals surface area contributed by atoms with Gasteiger partial charge in [0.15, 0.2) is 0 Å². The molecule has 1 N–H and O–H groups in total. The second-order valence-electron chi connectivity index (χ2n) is 4.22. The summed E-state index contributed by atoms with van der Waals surface area (Å²) in [5, 5.41) is 12.4. The van der Waals surface area contributed by atoms with Gasteiger partial charge in [-0.05, 0) is 24.9 Å². The van der Waals surface area contributed by atoms with Crippen LogP contribution in [0.4, 0.5) is 4.79 Å². The van der Waals surface area contributed by atoms with Crippen molar-refractivity contribution in [1.82, 2.24) is 15.0 Å². The van der Waals surface area contributed by atoms with E-state index in [9.17, 15) is 9.59 Å². The van der Waals surface area contributed by atoms with Gasteiger partial charge in [-0.3, -0.25) is 0 Å². The maximum absolute atomic E-state index is 11.4. The van der Waals surface area contributed by atoms with Crippen molar-refractivity contribution in [3.63, 3.8) is 0 Å². The first-order valence-corrected chi connectivity index (χ1v) is 6.10. The van der Waals surface area contributed by atoms with Gasteiger partial charge in [0.05, 0.1) is 6.61 Å². The molecule has 0 aromatic carbocycles. The van der Waals surface area contributed by atoms with E-state index in [1.165, 1.54) is 4.90 Å². The number of esters is 1. The van der Waals surface area contributed by atoms with Crippen molar-refractivity contribution in [2.75, 3.05) is 19.7 Å². The number of amides is 1. The molecule has 1 aliphatic heterocycles. The summed E-state index contributed by atoms with van der Waals surface area (Å²) in [5.74, 6) is -0.336. The Hall–Kier alpha value is -2.12. The number of rotatable bonds is 3. The van der Waals surface area contributed by atoms with Crippen molar-refractivity contribution >= 4 is 12.1 Å². The third-order valence-corrected chi connectivity index (χ3v) is 3.01. The van der Waals surface area contributed by atoms with E-state index in [0.717, 1.165) is 0 Å². The van der Waals surface area contributed by atoms with Gasteiger partial charge >= 0.3 is 12.1 Å². The van der Waals surface area contributed by atoms with Gasteiger partial charge < -0.3 is 19.3 Å². The Labute approximate surface area is 109 Å². The van der Waals surface area contributed by atoms with Crippen LogP contribution in [0, 0.1) is 0 Å². The van der Waals surface area contributed by atoms with E-state index in [-0.39, 0.29) is 18.3 Å². The lowest BCUT2D eigenvalue weighted by Crippen LogP contribution is -2.36. The zero-order valence-electron chi connectivity index (χ0n) is 10.5. The molecule has 1 aromatic rings. The minimum atomic E-state index is -0.920. The third kappa shape index (κ3) is 3.01. The Balaban J connectivity index is 1.97. The number of carboxylic acid groups (broad SMARTS) is 1. The van der Waals surface area contributed by atoms with Crippen LogP contribution < -0.4 is 0 Å². The number of likely N-dealkylation sites (tertiary alicyclic amines) is 1. The molecule has 0 aliphatic carbocycles. The highest BCUT2D eigenvalue weighted by Crippen LogP contribution is 2.26. The molecule has 104 valence electrons. The first kappa shape index (κ1) is 13.3. The highest BCUT2D eigenvalue weighted by molar-refractivity contribution is 5.84. The van der Waals surface area contributed by atoms with E-state index in [0.29, 0.717) is 31.8 Å². The number of ether oxygens (including phenoxy) is 1. The zero-order valence-corrected chi connectivity index (χ0v) is 10.5. The van der Waals surface area contributed by atoms with Crippen LogP contribution >= 0.6 is 0 Å². The van der Waals surface area contributed by atoms with Crippen molar-refractivity contribution in [2.45, 2.75) is 25.7 Å². The molecule has 0 radical (unpaired) electrons. The number of piperidine rings is 1. The van der Waals surface area contributed by atoms with Gasteiger partial charge in [-0.2, -0.15) is 4.98 Å². The first-order chi connectivity index (χ1) is 9.11. The summed E-state index contributed by atoms with van der Waals surface area (Å²) in [6.07, 6.45) is 0.296. The van der Waals surface area contributed by atoms with Crippen molar-refractivity contribution in [2.24, 2.45) is 0 Å². The number of hydrogen-bond donors (Lipinski definition) is 1. The van der Waals surface area contributed by atoms with E-state index in [1.807, 2.05) is 0 Å².